The van der Waals surface area contributed by atoms with Crippen LogP contribution >= 0.6 is 0 Å². The highest BCUT2D eigenvalue weighted by atomic mass is 32.2. The highest BCUT2D eigenvalue weighted by Crippen LogP contribution is 2.24. The zero-order valence-corrected chi connectivity index (χ0v) is 15.6. The zero-order valence-electron chi connectivity index (χ0n) is 14.8. The number of carbonyl (C=O) groups excluding carboxylic acids is 1. The van der Waals surface area contributed by atoms with Crippen molar-refractivity contribution < 1.29 is 22.7 Å². The Labute approximate surface area is 154 Å². The molecule has 1 atom stereocenters. The van der Waals surface area contributed by atoms with E-state index in [4.69, 9.17) is 9.47 Å². The van der Waals surface area contributed by atoms with Crippen LogP contribution in [0.4, 0.5) is 0 Å². The molecule has 1 saturated carbocycles. The molecule has 144 valence electrons. The van der Waals surface area contributed by atoms with Crippen LogP contribution < -0.4 is 10.0 Å². The second-order valence-corrected chi connectivity index (χ2v) is 8.57. The number of rotatable bonds is 7. The van der Waals surface area contributed by atoms with E-state index in [2.05, 4.69) is 10.0 Å². The largest absolute Gasteiger partial charge is 0.376 e. The van der Waals surface area contributed by atoms with Gasteiger partial charge in [0, 0.05) is 18.7 Å². The Morgan fingerprint density at radius 1 is 1.15 bits per heavy atom. The molecule has 1 heterocycles. The van der Waals surface area contributed by atoms with Gasteiger partial charge >= 0.3 is 0 Å². The predicted octanol–water partition coefficient (Wildman–Crippen LogP) is 1.30. The van der Waals surface area contributed by atoms with Gasteiger partial charge in [0.05, 0.1) is 30.8 Å². The van der Waals surface area contributed by atoms with Gasteiger partial charge < -0.3 is 14.8 Å². The van der Waals surface area contributed by atoms with Crippen molar-refractivity contribution in [1.29, 1.82) is 0 Å². The maximum Gasteiger partial charge on any atom is 0.251 e. The second kappa shape index (κ2) is 8.94. The molecule has 0 bridgehead atoms. The molecular weight excluding hydrogens is 356 g/mol. The molecular formula is C18H26N2O5S. The minimum Gasteiger partial charge on any atom is -0.376 e. The molecule has 1 aliphatic heterocycles. The molecule has 7 nitrogen and oxygen atoms in total. The van der Waals surface area contributed by atoms with Crippen molar-refractivity contribution in [3.05, 3.63) is 29.8 Å². The van der Waals surface area contributed by atoms with E-state index in [1.54, 1.807) is 12.1 Å². The monoisotopic (exact) mass is 382 g/mol. The topological polar surface area (TPSA) is 93.7 Å². The van der Waals surface area contributed by atoms with Crippen LogP contribution in [0.3, 0.4) is 0 Å². The molecule has 1 aliphatic carbocycles. The van der Waals surface area contributed by atoms with E-state index in [9.17, 15) is 13.2 Å². The van der Waals surface area contributed by atoms with E-state index in [-0.39, 0.29) is 16.9 Å². The number of hydrogen-bond acceptors (Lipinski definition) is 5. The third-order valence-electron chi connectivity index (χ3n) is 4.82. The molecule has 1 aromatic rings. The lowest BCUT2D eigenvalue weighted by atomic mass is 10.1. The van der Waals surface area contributed by atoms with E-state index in [0.717, 1.165) is 25.7 Å². The van der Waals surface area contributed by atoms with E-state index in [0.29, 0.717) is 44.4 Å². The van der Waals surface area contributed by atoms with Gasteiger partial charge in [-0.1, -0.05) is 18.9 Å². The maximum absolute atomic E-state index is 12.5. The minimum atomic E-state index is -3.61. The molecule has 1 amide bonds. The van der Waals surface area contributed by atoms with Crippen molar-refractivity contribution in [2.24, 2.45) is 5.92 Å². The molecule has 0 aromatic heterocycles. The third-order valence-corrected chi connectivity index (χ3v) is 6.24. The van der Waals surface area contributed by atoms with Gasteiger partial charge in [0.2, 0.25) is 10.0 Å². The van der Waals surface area contributed by atoms with Crippen molar-refractivity contribution in [2.75, 3.05) is 32.9 Å². The maximum atomic E-state index is 12.5. The zero-order chi connectivity index (χ0) is 18.4. The van der Waals surface area contributed by atoms with Crippen LogP contribution in [0.5, 0.6) is 0 Å². The van der Waals surface area contributed by atoms with Gasteiger partial charge in [0.1, 0.15) is 0 Å². The smallest absolute Gasteiger partial charge is 0.251 e. The van der Waals surface area contributed by atoms with Crippen molar-refractivity contribution in [2.45, 2.75) is 36.7 Å². The summed E-state index contributed by atoms with van der Waals surface area (Å²) in [6.45, 7) is 2.31. The summed E-state index contributed by atoms with van der Waals surface area (Å²) in [6, 6.07) is 6.10. The second-order valence-electron chi connectivity index (χ2n) is 6.81. The number of amides is 1. The van der Waals surface area contributed by atoms with Crippen molar-refractivity contribution in [3.8, 4) is 0 Å². The third kappa shape index (κ3) is 5.26. The van der Waals surface area contributed by atoms with Gasteiger partial charge in [-0.3, -0.25) is 4.79 Å². The van der Waals surface area contributed by atoms with Gasteiger partial charge in [-0.05, 0) is 37.0 Å². The summed E-state index contributed by atoms with van der Waals surface area (Å²) in [6.07, 6.45) is 4.29. The molecule has 1 aromatic carbocycles. The summed E-state index contributed by atoms with van der Waals surface area (Å²) in [5, 5.41) is 2.76. The summed E-state index contributed by atoms with van der Waals surface area (Å²) in [5.74, 6) is 0.0842. The number of nitrogens with one attached hydrogen (secondary N) is 2. The summed E-state index contributed by atoms with van der Waals surface area (Å²) in [4.78, 5) is 12.4. The van der Waals surface area contributed by atoms with E-state index in [1.807, 2.05) is 0 Å². The van der Waals surface area contributed by atoms with Crippen molar-refractivity contribution in [3.63, 3.8) is 0 Å². The van der Waals surface area contributed by atoms with E-state index in [1.165, 1.54) is 12.1 Å². The van der Waals surface area contributed by atoms with Crippen LogP contribution in [0.1, 0.15) is 36.0 Å². The van der Waals surface area contributed by atoms with Crippen LogP contribution in [0.2, 0.25) is 0 Å². The number of hydrogen-bond donors (Lipinski definition) is 2. The molecule has 3 rings (SSSR count). The minimum absolute atomic E-state index is 0.111. The highest BCUT2D eigenvalue weighted by Gasteiger charge is 2.21. The normalized spacial score (nSPS) is 21.6. The number of benzene rings is 1. The van der Waals surface area contributed by atoms with Gasteiger partial charge in [-0.15, -0.1) is 0 Å². The highest BCUT2D eigenvalue weighted by molar-refractivity contribution is 7.89. The quantitative estimate of drug-likeness (QED) is 0.741. The standard InChI is InChI=1S/C18H26N2O5S/c21-18(19-12-16-13-24-8-9-25-16)15-6-3-7-17(10-15)26(22,23)20-11-14-4-1-2-5-14/h3,6-7,10,14,16,20H,1-2,4-5,8-9,11-13H2,(H,19,21)/t16-/m1/s1. The van der Waals surface area contributed by atoms with Gasteiger partial charge in [-0.2, -0.15) is 0 Å². The lowest BCUT2D eigenvalue weighted by molar-refractivity contribution is -0.0855. The first-order valence-corrected chi connectivity index (χ1v) is 10.6. The molecule has 2 fully saturated rings. The molecule has 2 aliphatic rings. The van der Waals surface area contributed by atoms with Crippen molar-refractivity contribution in [1.82, 2.24) is 10.0 Å². The first kappa shape index (κ1) is 19.3. The van der Waals surface area contributed by atoms with E-state index < -0.39 is 10.0 Å². The fraction of sp³-hybridized carbons (Fsp3) is 0.611. The fourth-order valence-corrected chi connectivity index (χ4v) is 4.45. The fourth-order valence-electron chi connectivity index (χ4n) is 3.29. The molecule has 1 saturated heterocycles. The Morgan fingerprint density at radius 2 is 1.96 bits per heavy atom. The average molecular weight is 382 g/mol. The lowest BCUT2D eigenvalue weighted by Gasteiger charge is -2.23. The van der Waals surface area contributed by atoms with E-state index >= 15 is 0 Å². The van der Waals surface area contributed by atoms with Gasteiger partial charge in [0.25, 0.3) is 5.91 Å². The Bertz CT molecular complexity index is 710. The number of carbonyl (C=O) groups is 1. The van der Waals surface area contributed by atoms with Crippen LogP contribution in [-0.4, -0.2) is 53.3 Å². The molecule has 0 radical (unpaired) electrons. The molecule has 8 heteroatoms. The van der Waals surface area contributed by atoms with Gasteiger partial charge in [-0.25, -0.2) is 13.1 Å². The molecule has 2 N–H and O–H groups in total. The SMILES string of the molecule is O=C(NC[C@@H]1COCCO1)c1cccc(S(=O)(=O)NCC2CCCC2)c1. The van der Waals surface area contributed by atoms with Crippen LogP contribution in [-0.2, 0) is 19.5 Å². The number of ether oxygens (including phenoxy) is 2. The Hall–Kier alpha value is -1.48. The van der Waals surface area contributed by atoms with Crippen LogP contribution in [0.15, 0.2) is 29.2 Å². The first-order chi connectivity index (χ1) is 12.5. The Balaban J connectivity index is 1.58. The van der Waals surface area contributed by atoms with Crippen molar-refractivity contribution >= 4 is 15.9 Å². The van der Waals surface area contributed by atoms with Gasteiger partial charge in [0.15, 0.2) is 0 Å². The number of sulfonamides is 1. The Kier molecular flexibility index (Phi) is 6.63. The molecule has 26 heavy (non-hydrogen) atoms. The van der Waals surface area contributed by atoms with Crippen LogP contribution in [0.25, 0.3) is 0 Å². The summed E-state index contributed by atoms with van der Waals surface area (Å²) >= 11 is 0. The molecule has 0 spiro atoms. The first-order valence-electron chi connectivity index (χ1n) is 9.12. The summed E-state index contributed by atoms with van der Waals surface area (Å²) in [7, 11) is -3.61. The molecule has 0 unspecified atom stereocenters. The predicted molar refractivity (Wildman–Crippen MR) is 96.5 cm³/mol. The lowest BCUT2D eigenvalue weighted by Crippen LogP contribution is -2.39. The summed E-state index contributed by atoms with van der Waals surface area (Å²) < 4.78 is 38.4. The van der Waals surface area contributed by atoms with Crippen LogP contribution in [0, 0.1) is 5.92 Å². The average Bonchev–Trinajstić information content (AvgIpc) is 3.19. The Morgan fingerprint density at radius 3 is 2.69 bits per heavy atom. The summed E-state index contributed by atoms with van der Waals surface area (Å²) in [5.41, 5.74) is 0.311.